The third kappa shape index (κ3) is 4.25. The molecule has 2 heterocycles. The van der Waals surface area contributed by atoms with Gasteiger partial charge in [0.1, 0.15) is 5.75 Å². The number of rotatable bonds is 5. The van der Waals surface area contributed by atoms with E-state index in [9.17, 15) is 18.0 Å². The summed E-state index contributed by atoms with van der Waals surface area (Å²) >= 11 is 1.10. The van der Waals surface area contributed by atoms with Crippen LogP contribution in [0.3, 0.4) is 0 Å². The molecule has 1 amide bonds. The first-order valence-corrected chi connectivity index (χ1v) is 8.80. The first-order valence-electron chi connectivity index (χ1n) is 7.99. The summed E-state index contributed by atoms with van der Waals surface area (Å²) in [6.45, 7) is 1.73. The van der Waals surface area contributed by atoms with Crippen molar-refractivity contribution >= 4 is 32.6 Å². The average molecular weight is 389 g/mol. The number of methoxy groups -OCH3 is 1. The van der Waals surface area contributed by atoms with E-state index >= 15 is 0 Å². The molecule has 142 valence electrons. The van der Waals surface area contributed by atoms with Gasteiger partial charge in [-0.3, -0.25) is 4.79 Å². The molecular formula is C16H18F3N3O3S. The van der Waals surface area contributed by atoms with Crippen LogP contribution in [0.4, 0.5) is 18.3 Å². The summed E-state index contributed by atoms with van der Waals surface area (Å²) in [7, 11) is 1.55. The zero-order chi connectivity index (χ0) is 18.8. The molecule has 3 rings (SSSR count). The van der Waals surface area contributed by atoms with Gasteiger partial charge in [0, 0.05) is 13.2 Å². The van der Waals surface area contributed by atoms with Gasteiger partial charge in [0.15, 0.2) is 5.13 Å². The Morgan fingerprint density at radius 1 is 1.38 bits per heavy atom. The zero-order valence-electron chi connectivity index (χ0n) is 14.0. The number of carbonyl (C=O) groups excluding carboxylic acids is 1. The normalized spacial score (nSPS) is 17.2. The number of hydrogen-bond acceptors (Lipinski definition) is 6. The van der Waals surface area contributed by atoms with Crippen molar-refractivity contribution in [3.8, 4) is 5.75 Å². The van der Waals surface area contributed by atoms with Gasteiger partial charge in [-0.15, -0.1) is 13.2 Å². The minimum Gasteiger partial charge on any atom is -0.406 e. The number of piperidine rings is 1. The van der Waals surface area contributed by atoms with Gasteiger partial charge >= 0.3 is 6.36 Å². The van der Waals surface area contributed by atoms with Gasteiger partial charge < -0.3 is 20.1 Å². The number of halogens is 3. The molecule has 0 saturated carbocycles. The first kappa shape index (κ1) is 18.9. The number of hydrogen-bond donors (Lipinski definition) is 2. The lowest BCUT2D eigenvalue weighted by atomic mass is 9.79. The van der Waals surface area contributed by atoms with E-state index < -0.39 is 11.8 Å². The Hall–Kier alpha value is -1.91. The molecule has 1 saturated heterocycles. The molecular weight excluding hydrogens is 371 g/mol. The maximum atomic E-state index is 12.8. The van der Waals surface area contributed by atoms with Gasteiger partial charge in [0.25, 0.3) is 0 Å². The molecule has 0 unspecified atom stereocenters. The Bertz CT molecular complexity index is 782. The number of carbonyl (C=O) groups is 1. The molecule has 1 aromatic heterocycles. The Morgan fingerprint density at radius 2 is 2.12 bits per heavy atom. The number of ether oxygens (including phenoxy) is 2. The highest BCUT2D eigenvalue weighted by atomic mass is 32.1. The highest BCUT2D eigenvalue weighted by molar-refractivity contribution is 7.22. The summed E-state index contributed by atoms with van der Waals surface area (Å²) in [5, 5.41) is 6.34. The number of benzene rings is 1. The van der Waals surface area contributed by atoms with Crippen LogP contribution in [0, 0.1) is 5.41 Å². The fourth-order valence-corrected chi connectivity index (χ4v) is 3.89. The highest BCUT2D eigenvalue weighted by Crippen LogP contribution is 2.34. The molecule has 26 heavy (non-hydrogen) atoms. The van der Waals surface area contributed by atoms with E-state index in [1.54, 1.807) is 7.11 Å². The fourth-order valence-electron chi connectivity index (χ4n) is 3.00. The van der Waals surface area contributed by atoms with E-state index in [0.717, 1.165) is 24.4 Å². The summed E-state index contributed by atoms with van der Waals surface area (Å²) in [6, 6.07) is 3.88. The largest absolute Gasteiger partial charge is 0.573 e. The molecule has 2 aromatic rings. The van der Waals surface area contributed by atoms with Crippen molar-refractivity contribution < 1.29 is 27.4 Å². The topological polar surface area (TPSA) is 72.5 Å². The first-order chi connectivity index (χ1) is 12.3. The van der Waals surface area contributed by atoms with Crippen molar-refractivity contribution in [2.24, 2.45) is 5.41 Å². The van der Waals surface area contributed by atoms with Gasteiger partial charge in [-0.1, -0.05) is 11.3 Å². The van der Waals surface area contributed by atoms with Gasteiger partial charge in [0.2, 0.25) is 5.91 Å². The third-order valence-corrected chi connectivity index (χ3v) is 5.21. The average Bonchev–Trinajstić information content (AvgIpc) is 2.96. The lowest BCUT2D eigenvalue weighted by Crippen LogP contribution is -2.47. The quantitative estimate of drug-likeness (QED) is 0.822. The molecule has 10 heteroatoms. The third-order valence-electron chi connectivity index (χ3n) is 4.28. The van der Waals surface area contributed by atoms with Crippen molar-refractivity contribution in [1.82, 2.24) is 10.3 Å². The van der Waals surface area contributed by atoms with Crippen molar-refractivity contribution in [2.75, 3.05) is 32.1 Å². The van der Waals surface area contributed by atoms with Gasteiger partial charge in [-0.25, -0.2) is 4.98 Å². The Morgan fingerprint density at radius 3 is 2.77 bits per heavy atom. The van der Waals surface area contributed by atoms with E-state index in [1.807, 2.05) is 0 Å². The van der Waals surface area contributed by atoms with E-state index in [2.05, 4.69) is 20.4 Å². The van der Waals surface area contributed by atoms with E-state index in [1.165, 1.54) is 18.2 Å². The predicted molar refractivity (Wildman–Crippen MR) is 91.3 cm³/mol. The molecule has 1 aliphatic heterocycles. The zero-order valence-corrected chi connectivity index (χ0v) is 14.8. The fraction of sp³-hybridized carbons (Fsp3) is 0.500. The van der Waals surface area contributed by atoms with Crippen molar-refractivity contribution in [3.63, 3.8) is 0 Å². The molecule has 0 atom stereocenters. The predicted octanol–water partition coefficient (Wildman–Crippen LogP) is 3.15. The number of anilines is 1. The molecule has 0 bridgehead atoms. The maximum Gasteiger partial charge on any atom is 0.573 e. The highest BCUT2D eigenvalue weighted by Gasteiger charge is 2.40. The Balaban J connectivity index is 1.78. The van der Waals surface area contributed by atoms with E-state index in [-0.39, 0.29) is 11.7 Å². The minimum absolute atomic E-state index is 0.188. The molecule has 1 aliphatic rings. The molecule has 0 aliphatic carbocycles. The molecule has 1 aromatic carbocycles. The number of fused-ring (bicyclic) bond motifs is 1. The minimum atomic E-state index is -4.75. The summed E-state index contributed by atoms with van der Waals surface area (Å²) in [5.41, 5.74) is -0.145. The molecule has 1 fully saturated rings. The number of thiazole rings is 1. The Kier molecular flexibility index (Phi) is 5.35. The smallest absolute Gasteiger partial charge is 0.406 e. The van der Waals surface area contributed by atoms with Crippen molar-refractivity contribution in [1.29, 1.82) is 0 Å². The number of aromatic nitrogens is 1. The molecule has 2 N–H and O–H groups in total. The van der Waals surface area contributed by atoms with Crippen molar-refractivity contribution in [3.05, 3.63) is 18.2 Å². The van der Waals surface area contributed by atoms with Crippen LogP contribution in [0.2, 0.25) is 0 Å². The number of alkyl halides is 3. The van der Waals surface area contributed by atoms with Crippen LogP contribution in [-0.4, -0.2) is 44.1 Å². The van der Waals surface area contributed by atoms with Crippen LogP contribution in [-0.2, 0) is 9.53 Å². The van der Waals surface area contributed by atoms with Crippen LogP contribution in [0.15, 0.2) is 18.2 Å². The second-order valence-electron chi connectivity index (χ2n) is 6.11. The number of nitrogens with one attached hydrogen (secondary N) is 2. The van der Waals surface area contributed by atoms with Gasteiger partial charge in [-0.05, 0) is 38.1 Å². The number of amides is 1. The summed E-state index contributed by atoms with van der Waals surface area (Å²) in [5.74, 6) is -0.507. The Labute approximate surface area is 151 Å². The molecule has 6 nitrogen and oxygen atoms in total. The van der Waals surface area contributed by atoms with Crippen LogP contribution >= 0.6 is 11.3 Å². The van der Waals surface area contributed by atoms with E-state index in [4.69, 9.17) is 4.74 Å². The van der Waals surface area contributed by atoms with Crippen LogP contribution < -0.4 is 15.4 Å². The maximum absolute atomic E-state index is 12.8. The SMILES string of the molecule is COCC1(C(=O)Nc2nc3ccc(OC(F)(F)F)cc3s2)CCNCC1. The standard InChI is InChI=1S/C16H18F3N3O3S/c1-24-9-15(4-6-20-7-5-15)13(23)22-14-21-11-3-2-10(8-12(11)26-14)25-16(17,18)19/h2-3,8,20H,4-7,9H2,1H3,(H,21,22,23). The second kappa shape index (κ2) is 7.37. The molecule has 0 spiro atoms. The van der Waals surface area contributed by atoms with E-state index in [0.29, 0.717) is 34.8 Å². The molecule has 0 radical (unpaired) electrons. The summed E-state index contributed by atoms with van der Waals surface area (Å²) in [6.07, 6.45) is -3.47. The summed E-state index contributed by atoms with van der Waals surface area (Å²) in [4.78, 5) is 17.1. The summed E-state index contributed by atoms with van der Waals surface area (Å²) < 4.78 is 46.6. The van der Waals surface area contributed by atoms with Gasteiger partial charge in [0.05, 0.1) is 22.2 Å². The van der Waals surface area contributed by atoms with Crippen LogP contribution in [0.1, 0.15) is 12.8 Å². The lowest BCUT2D eigenvalue weighted by Gasteiger charge is -2.35. The van der Waals surface area contributed by atoms with Gasteiger partial charge in [-0.2, -0.15) is 0 Å². The monoisotopic (exact) mass is 389 g/mol. The lowest BCUT2D eigenvalue weighted by molar-refractivity contribution is -0.274. The second-order valence-corrected chi connectivity index (χ2v) is 7.14. The van der Waals surface area contributed by atoms with Crippen LogP contribution in [0.25, 0.3) is 10.2 Å². The number of nitrogens with zero attached hydrogens (tertiary/aromatic N) is 1. The van der Waals surface area contributed by atoms with Crippen molar-refractivity contribution in [2.45, 2.75) is 19.2 Å². The van der Waals surface area contributed by atoms with Crippen LogP contribution in [0.5, 0.6) is 5.75 Å².